The fourth-order valence-electron chi connectivity index (χ4n) is 4.07. The topological polar surface area (TPSA) is 32.8 Å². The van der Waals surface area contributed by atoms with Crippen molar-refractivity contribution in [3.63, 3.8) is 0 Å². The molecule has 0 spiro atoms. The Morgan fingerprint density at radius 1 is 1.17 bits per heavy atom. The molecule has 0 aromatic heterocycles. The summed E-state index contributed by atoms with van der Waals surface area (Å²) in [6, 6.07) is 5.11. The van der Waals surface area contributed by atoms with E-state index in [1.54, 1.807) is 7.11 Å². The molecule has 1 aromatic rings. The van der Waals surface area contributed by atoms with Crippen LogP contribution < -0.4 is 4.74 Å². The van der Waals surface area contributed by atoms with E-state index >= 15 is 0 Å². The van der Waals surface area contributed by atoms with Crippen molar-refractivity contribution in [2.24, 2.45) is 0 Å². The molecule has 0 saturated carbocycles. The first-order valence-electron chi connectivity index (χ1n) is 8.71. The lowest BCUT2D eigenvalue weighted by atomic mass is 9.96. The van der Waals surface area contributed by atoms with Gasteiger partial charge in [0.25, 0.3) is 5.91 Å². The number of ether oxygens (including phenoxy) is 1. The van der Waals surface area contributed by atoms with Crippen molar-refractivity contribution in [2.45, 2.75) is 52.1 Å². The minimum atomic E-state index is 0.153. The summed E-state index contributed by atoms with van der Waals surface area (Å²) in [7, 11) is 1.68. The van der Waals surface area contributed by atoms with Gasteiger partial charge < -0.3 is 9.64 Å². The number of hydrogen-bond acceptors (Lipinski definition) is 3. The Hall–Kier alpha value is -1.55. The molecule has 23 heavy (non-hydrogen) atoms. The molecular weight excluding hydrogens is 288 g/mol. The quantitative estimate of drug-likeness (QED) is 0.859. The van der Waals surface area contributed by atoms with E-state index in [2.05, 4.69) is 11.8 Å². The van der Waals surface area contributed by atoms with Crippen LogP contribution in [0.1, 0.15) is 47.7 Å². The van der Waals surface area contributed by atoms with Gasteiger partial charge in [-0.15, -0.1) is 0 Å². The molecule has 126 valence electrons. The van der Waals surface area contributed by atoms with E-state index in [0.29, 0.717) is 12.1 Å². The van der Waals surface area contributed by atoms with Crippen molar-refractivity contribution in [3.8, 4) is 5.75 Å². The predicted molar refractivity (Wildman–Crippen MR) is 92.2 cm³/mol. The molecule has 0 bridgehead atoms. The molecule has 1 aromatic carbocycles. The minimum Gasteiger partial charge on any atom is -0.496 e. The van der Waals surface area contributed by atoms with E-state index in [0.717, 1.165) is 35.5 Å². The Balaban J connectivity index is 1.65. The van der Waals surface area contributed by atoms with Crippen LogP contribution in [0.2, 0.25) is 0 Å². The smallest absolute Gasteiger partial charge is 0.253 e. The van der Waals surface area contributed by atoms with Gasteiger partial charge in [0.15, 0.2) is 0 Å². The molecule has 0 aliphatic carbocycles. The Morgan fingerprint density at radius 3 is 2.39 bits per heavy atom. The van der Waals surface area contributed by atoms with Gasteiger partial charge in [0, 0.05) is 30.7 Å². The number of piperidine rings is 1. The molecule has 4 nitrogen and oxygen atoms in total. The average Bonchev–Trinajstić information content (AvgIpc) is 2.47. The number of nitrogens with zero attached hydrogens (tertiary/aromatic N) is 2. The van der Waals surface area contributed by atoms with Gasteiger partial charge in [-0.2, -0.15) is 0 Å². The molecule has 2 fully saturated rings. The van der Waals surface area contributed by atoms with E-state index in [9.17, 15) is 4.79 Å². The second-order valence-electron chi connectivity index (χ2n) is 7.09. The van der Waals surface area contributed by atoms with E-state index in [4.69, 9.17) is 4.74 Å². The van der Waals surface area contributed by atoms with Gasteiger partial charge in [0.05, 0.1) is 7.11 Å². The van der Waals surface area contributed by atoms with E-state index in [-0.39, 0.29) is 5.91 Å². The maximum atomic E-state index is 12.7. The fraction of sp³-hybridized carbons (Fsp3) is 0.632. The molecule has 2 saturated heterocycles. The van der Waals surface area contributed by atoms with Crippen LogP contribution in [-0.4, -0.2) is 54.5 Å². The zero-order valence-corrected chi connectivity index (χ0v) is 14.8. The number of amides is 1. The summed E-state index contributed by atoms with van der Waals surface area (Å²) in [5.74, 6) is 1.03. The van der Waals surface area contributed by atoms with Crippen molar-refractivity contribution in [3.05, 3.63) is 28.8 Å². The first-order chi connectivity index (χ1) is 11.0. The largest absolute Gasteiger partial charge is 0.496 e. The summed E-state index contributed by atoms with van der Waals surface area (Å²) in [6.45, 7) is 9.24. The number of carbonyl (C=O) groups excluding carboxylic acids is 1. The van der Waals surface area contributed by atoms with Crippen LogP contribution >= 0.6 is 0 Å². The number of aryl methyl sites for hydroxylation is 2. The van der Waals surface area contributed by atoms with E-state index < -0.39 is 0 Å². The number of hydrogen-bond donors (Lipinski definition) is 0. The number of rotatable bonds is 3. The third-order valence-electron chi connectivity index (χ3n) is 5.38. The Labute approximate surface area is 139 Å². The standard InChI is InChI=1S/C19H28N2O2/c1-13-9-16(10-14(2)18(13)23-4)19(22)20-11-17(12-20)21-8-6-5-7-15(21)3/h9-10,15,17H,5-8,11-12H2,1-4H3/t15-/m0/s1. The van der Waals surface area contributed by atoms with Gasteiger partial charge >= 0.3 is 0 Å². The van der Waals surface area contributed by atoms with Crippen LogP contribution in [0.3, 0.4) is 0 Å². The zero-order chi connectivity index (χ0) is 16.6. The first kappa shape index (κ1) is 16.3. The highest BCUT2D eigenvalue weighted by molar-refractivity contribution is 5.95. The van der Waals surface area contributed by atoms with E-state index in [1.807, 2.05) is 30.9 Å². The summed E-state index contributed by atoms with van der Waals surface area (Å²) in [5, 5.41) is 0. The summed E-state index contributed by atoms with van der Waals surface area (Å²) in [4.78, 5) is 17.3. The summed E-state index contributed by atoms with van der Waals surface area (Å²) in [6.07, 6.45) is 3.93. The molecule has 0 unspecified atom stereocenters. The van der Waals surface area contributed by atoms with Crippen LogP contribution in [0.4, 0.5) is 0 Å². The normalized spacial score (nSPS) is 22.8. The molecule has 0 N–H and O–H groups in total. The van der Waals surface area contributed by atoms with Crippen molar-refractivity contribution < 1.29 is 9.53 Å². The molecule has 1 atom stereocenters. The van der Waals surface area contributed by atoms with Gasteiger partial charge in [0.2, 0.25) is 0 Å². The Bertz CT molecular complexity index is 570. The summed E-state index contributed by atoms with van der Waals surface area (Å²) < 4.78 is 5.39. The Kier molecular flexibility index (Phi) is 4.62. The number of benzene rings is 1. The number of likely N-dealkylation sites (tertiary alicyclic amines) is 2. The van der Waals surface area contributed by atoms with Crippen LogP contribution in [0.15, 0.2) is 12.1 Å². The Morgan fingerprint density at radius 2 is 1.83 bits per heavy atom. The lowest BCUT2D eigenvalue weighted by Crippen LogP contribution is -2.63. The predicted octanol–water partition coefficient (Wildman–Crippen LogP) is 3.01. The molecule has 2 aliphatic heterocycles. The van der Waals surface area contributed by atoms with Crippen LogP contribution in [0.5, 0.6) is 5.75 Å². The fourth-order valence-corrected chi connectivity index (χ4v) is 4.07. The van der Waals surface area contributed by atoms with Crippen LogP contribution in [0, 0.1) is 13.8 Å². The summed E-state index contributed by atoms with van der Waals surface area (Å²) >= 11 is 0. The lowest BCUT2D eigenvalue weighted by Gasteiger charge is -2.49. The second-order valence-corrected chi connectivity index (χ2v) is 7.09. The molecule has 4 heteroatoms. The summed E-state index contributed by atoms with van der Waals surface area (Å²) in [5.41, 5.74) is 2.83. The number of methoxy groups -OCH3 is 1. The van der Waals surface area contributed by atoms with Crippen molar-refractivity contribution in [2.75, 3.05) is 26.7 Å². The molecule has 3 rings (SSSR count). The molecule has 1 amide bonds. The third kappa shape index (κ3) is 3.09. The van der Waals surface area contributed by atoms with Crippen molar-refractivity contribution in [1.82, 2.24) is 9.80 Å². The maximum absolute atomic E-state index is 12.7. The van der Waals surface area contributed by atoms with Crippen LogP contribution in [0.25, 0.3) is 0 Å². The molecular formula is C19H28N2O2. The van der Waals surface area contributed by atoms with Gasteiger partial charge in [0.1, 0.15) is 5.75 Å². The highest BCUT2D eigenvalue weighted by atomic mass is 16.5. The first-order valence-corrected chi connectivity index (χ1v) is 8.71. The molecule has 0 radical (unpaired) electrons. The molecule has 2 heterocycles. The minimum absolute atomic E-state index is 0.153. The lowest BCUT2D eigenvalue weighted by molar-refractivity contribution is 0.00212. The highest BCUT2D eigenvalue weighted by Gasteiger charge is 2.37. The van der Waals surface area contributed by atoms with Gasteiger partial charge in [-0.05, 0) is 63.4 Å². The second kappa shape index (κ2) is 6.52. The zero-order valence-electron chi connectivity index (χ0n) is 14.8. The highest BCUT2D eigenvalue weighted by Crippen LogP contribution is 2.28. The van der Waals surface area contributed by atoms with Crippen molar-refractivity contribution >= 4 is 5.91 Å². The van der Waals surface area contributed by atoms with Crippen molar-refractivity contribution in [1.29, 1.82) is 0 Å². The van der Waals surface area contributed by atoms with Gasteiger partial charge in [-0.1, -0.05) is 6.42 Å². The van der Waals surface area contributed by atoms with Gasteiger partial charge in [-0.3, -0.25) is 9.69 Å². The molecule has 2 aliphatic rings. The number of carbonyl (C=O) groups is 1. The average molecular weight is 316 g/mol. The van der Waals surface area contributed by atoms with E-state index in [1.165, 1.54) is 25.8 Å². The van der Waals surface area contributed by atoms with Gasteiger partial charge in [-0.25, -0.2) is 0 Å². The monoisotopic (exact) mass is 316 g/mol. The SMILES string of the molecule is COc1c(C)cc(C(=O)N2CC(N3CCCC[C@@H]3C)C2)cc1C. The van der Waals surface area contributed by atoms with Crippen LogP contribution in [-0.2, 0) is 0 Å². The third-order valence-corrected chi connectivity index (χ3v) is 5.38. The maximum Gasteiger partial charge on any atom is 0.253 e.